The molecule has 5 rings (SSSR count). The van der Waals surface area contributed by atoms with Gasteiger partial charge in [-0.15, -0.1) is 0 Å². The van der Waals surface area contributed by atoms with Crippen LogP contribution in [0, 0.1) is 0 Å². The molecule has 0 radical (unpaired) electrons. The molecule has 0 spiro atoms. The zero-order valence-electron chi connectivity index (χ0n) is 15.7. The molecule has 1 unspecified atom stereocenters. The first-order valence-corrected chi connectivity index (χ1v) is 9.22. The quantitative estimate of drug-likeness (QED) is 0.591. The van der Waals surface area contributed by atoms with Gasteiger partial charge >= 0.3 is 0 Å². The van der Waals surface area contributed by atoms with Gasteiger partial charge in [-0.2, -0.15) is 0 Å². The lowest BCUT2D eigenvalue weighted by Gasteiger charge is -2.36. The minimum absolute atomic E-state index is 0.0346. The lowest BCUT2D eigenvalue weighted by atomic mass is 9.83. The number of fused-ring (bicyclic) bond motifs is 5. The number of benzene rings is 2. The van der Waals surface area contributed by atoms with E-state index >= 15 is 0 Å². The third-order valence-electron chi connectivity index (χ3n) is 5.19. The standard InChI is InChI=1S/C20H18N4.C2H6/c1-20(2)15-10-6-7-11-16(15)24-17-12-21-13-22-18(17)23(19(20)24)14-8-4-3-5-9-14;1-2/h3-13,19H,1-2H3;1-2H3. The van der Waals surface area contributed by atoms with Gasteiger partial charge in [0.05, 0.1) is 6.20 Å². The monoisotopic (exact) mass is 344 g/mol. The van der Waals surface area contributed by atoms with Crippen LogP contribution in [0.5, 0.6) is 0 Å². The molecule has 0 bridgehead atoms. The van der Waals surface area contributed by atoms with Crippen LogP contribution in [-0.2, 0) is 5.41 Å². The van der Waals surface area contributed by atoms with Crippen LogP contribution >= 0.6 is 0 Å². The molecule has 0 aliphatic carbocycles. The Morgan fingerprint density at radius 2 is 1.54 bits per heavy atom. The summed E-state index contributed by atoms with van der Waals surface area (Å²) in [4.78, 5) is 13.6. The summed E-state index contributed by atoms with van der Waals surface area (Å²) in [6.07, 6.45) is 3.72. The van der Waals surface area contributed by atoms with E-state index in [0.29, 0.717) is 0 Å². The molecule has 4 nitrogen and oxygen atoms in total. The minimum Gasteiger partial charge on any atom is -0.314 e. The Labute approximate surface area is 155 Å². The second-order valence-corrected chi connectivity index (χ2v) is 6.92. The molecule has 3 heterocycles. The summed E-state index contributed by atoms with van der Waals surface area (Å²) in [5.41, 5.74) is 4.82. The summed E-state index contributed by atoms with van der Waals surface area (Å²) in [5.74, 6) is 0.976. The van der Waals surface area contributed by atoms with Crippen LogP contribution in [0.1, 0.15) is 33.3 Å². The molecule has 0 saturated carbocycles. The van der Waals surface area contributed by atoms with Crippen molar-refractivity contribution in [3.8, 4) is 0 Å². The van der Waals surface area contributed by atoms with Crippen LogP contribution in [0.25, 0.3) is 0 Å². The summed E-state index contributed by atoms with van der Waals surface area (Å²) in [7, 11) is 0. The van der Waals surface area contributed by atoms with Crippen LogP contribution in [0.2, 0.25) is 0 Å². The highest BCUT2D eigenvalue weighted by molar-refractivity contribution is 5.90. The Hall–Kier alpha value is -2.88. The van der Waals surface area contributed by atoms with Crippen molar-refractivity contribution in [1.82, 2.24) is 9.97 Å². The predicted molar refractivity (Wildman–Crippen MR) is 107 cm³/mol. The molecule has 0 amide bonds. The van der Waals surface area contributed by atoms with Crippen molar-refractivity contribution < 1.29 is 0 Å². The fourth-order valence-electron chi connectivity index (χ4n) is 4.16. The van der Waals surface area contributed by atoms with Gasteiger partial charge in [0.25, 0.3) is 0 Å². The van der Waals surface area contributed by atoms with Gasteiger partial charge in [0.2, 0.25) is 0 Å². The van der Waals surface area contributed by atoms with Gasteiger partial charge in [-0.1, -0.05) is 64.1 Å². The maximum absolute atomic E-state index is 4.61. The van der Waals surface area contributed by atoms with Crippen molar-refractivity contribution in [2.24, 2.45) is 0 Å². The van der Waals surface area contributed by atoms with Crippen LogP contribution in [0.4, 0.5) is 22.9 Å². The molecular formula is C22H24N4. The van der Waals surface area contributed by atoms with Crippen molar-refractivity contribution in [3.63, 3.8) is 0 Å². The highest BCUT2D eigenvalue weighted by Gasteiger charge is 2.54. The maximum atomic E-state index is 4.61. The number of hydrogen-bond donors (Lipinski definition) is 0. The zero-order chi connectivity index (χ0) is 18.3. The molecule has 0 saturated heterocycles. The number of nitrogens with zero attached hydrogens (tertiary/aromatic N) is 4. The number of aromatic nitrogens is 2. The van der Waals surface area contributed by atoms with Gasteiger partial charge in [-0.25, -0.2) is 9.97 Å². The van der Waals surface area contributed by atoms with Crippen LogP contribution in [-0.4, -0.2) is 16.1 Å². The van der Waals surface area contributed by atoms with Crippen molar-refractivity contribution >= 4 is 22.9 Å². The molecule has 26 heavy (non-hydrogen) atoms. The lowest BCUT2D eigenvalue weighted by Crippen LogP contribution is -2.46. The van der Waals surface area contributed by atoms with Gasteiger partial charge in [0, 0.05) is 16.8 Å². The maximum Gasteiger partial charge on any atom is 0.162 e. The van der Waals surface area contributed by atoms with E-state index in [0.717, 1.165) is 17.2 Å². The third kappa shape index (κ3) is 2.15. The molecule has 2 aliphatic heterocycles. The molecule has 1 atom stereocenters. The first-order chi connectivity index (χ1) is 12.7. The Morgan fingerprint density at radius 3 is 2.31 bits per heavy atom. The number of anilines is 4. The molecule has 2 aromatic carbocycles. The van der Waals surface area contributed by atoms with E-state index in [2.05, 4.69) is 82.1 Å². The summed E-state index contributed by atoms with van der Waals surface area (Å²) >= 11 is 0. The van der Waals surface area contributed by atoms with E-state index in [1.54, 1.807) is 6.33 Å². The molecule has 1 aromatic heterocycles. The minimum atomic E-state index is -0.0346. The van der Waals surface area contributed by atoms with E-state index in [1.807, 2.05) is 26.1 Å². The second-order valence-electron chi connectivity index (χ2n) is 6.92. The smallest absolute Gasteiger partial charge is 0.162 e. The highest BCUT2D eigenvalue weighted by Crippen LogP contribution is 2.57. The van der Waals surface area contributed by atoms with Crippen LogP contribution < -0.4 is 9.80 Å². The second kappa shape index (κ2) is 6.13. The third-order valence-corrected chi connectivity index (χ3v) is 5.19. The number of para-hydroxylation sites is 2. The van der Waals surface area contributed by atoms with E-state index in [9.17, 15) is 0 Å². The number of hydrogen-bond acceptors (Lipinski definition) is 4. The largest absolute Gasteiger partial charge is 0.314 e. The lowest BCUT2D eigenvalue weighted by molar-refractivity contribution is 0.450. The zero-order valence-corrected chi connectivity index (χ0v) is 15.7. The normalized spacial score (nSPS) is 18.5. The molecule has 132 valence electrons. The van der Waals surface area contributed by atoms with Gasteiger partial charge in [0.1, 0.15) is 18.2 Å². The van der Waals surface area contributed by atoms with E-state index in [1.165, 1.54) is 11.3 Å². The van der Waals surface area contributed by atoms with Crippen molar-refractivity contribution in [2.75, 3.05) is 9.80 Å². The van der Waals surface area contributed by atoms with Crippen LogP contribution in [0.15, 0.2) is 67.1 Å². The fourth-order valence-corrected chi connectivity index (χ4v) is 4.16. The summed E-state index contributed by atoms with van der Waals surface area (Å²) < 4.78 is 0. The van der Waals surface area contributed by atoms with Crippen molar-refractivity contribution in [2.45, 2.75) is 39.3 Å². The first kappa shape index (κ1) is 16.6. The van der Waals surface area contributed by atoms with Gasteiger partial charge in [-0.05, 0) is 23.8 Å². The molecule has 0 fully saturated rings. The van der Waals surface area contributed by atoms with E-state index in [4.69, 9.17) is 0 Å². The molecule has 2 aliphatic rings. The predicted octanol–water partition coefficient (Wildman–Crippen LogP) is 5.41. The van der Waals surface area contributed by atoms with Gasteiger partial charge in [-0.3, -0.25) is 0 Å². The molecule has 0 N–H and O–H groups in total. The Balaban J connectivity index is 0.000000814. The van der Waals surface area contributed by atoms with Crippen molar-refractivity contribution in [1.29, 1.82) is 0 Å². The Bertz CT molecular complexity index is 905. The molecular weight excluding hydrogens is 320 g/mol. The summed E-state index contributed by atoms with van der Waals surface area (Å²) in [5, 5.41) is 0. The molecule has 4 heteroatoms. The average molecular weight is 344 g/mol. The summed E-state index contributed by atoms with van der Waals surface area (Å²) in [6.45, 7) is 8.62. The van der Waals surface area contributed by atoms with Crippen molar-refractivity contribution in [3.05, 3.63) is 72.7 Å². The van der Waals surface area contributed by atoms with E-state index in [-0.39, 0.29) is 11.6 Å². The highest BCUT2D eigenvalue weighted by atomic mass is 15.5. The Morgan fingerprint density at radius 1 is 0.846 bits per heavy atom. The van der Waals surface area contributed by atoms with Gasteiger partial charge < -0.3 is 9.80 Å². The average Bonchev–Trinajstić information content (AvgIpc) is 3.16. The topological polar surface area (TPSA) is 32.3 Å². The first-order valence-electron chi connectivity index (χ1n) is 9.22. The van der Waals surface area contributed by atoms with E-state index < -0.39 is 0 Å². The molecule has 3 aromatic rings. The van der Waals surface area contributed by atoms with Crippen LogP contribution in [0.3, 0.4) is 0 Å². The number of rotatable bonds is 1. The fraction of sp³-hybridized carbons (Fsp3) is 0.273. The SMILES string of the molecule is CC.CC1(C)c2ccccc2N2c3cncnc3N(c3ccccc3)C21. The van der Waals surface area contributed by atoms with Gasteiger partial charge in [0.15, 0.2) is 5.82 Å². The summed E-state index contributed by atoms with van der Waals surface area (Å²) in [6, 6.07) is 19.2. The Kier molecular flexibility index (Phi) is 3.91.